The second kappa shape index (κ2) is 3.40. The Kier molecular flexibility index (Phi) is 2.02. The number of allylic oxidation sites excluding steroid dienone is 1. The molecule has 2 N–H and O–H groups in total. The van der Waals surface area contributed by atoms with Crippen LogP contribution in [0.3, 0.4) is 0 Å². The van der Waals surface area contributed by atoms with Gasteiger partial charge >= 0.3 is 0 Å². The van der Waals surface area contributed by atoms with Gasteiger partial charge < -0.3 is 5.73 Å². The minimum atomic E-state index is 0.474. The summed E-state index contributed by atoms with van der Waals surface area (Å²) in [6, 6.07) is 9.09. The molecule has 0 aromatic heterocycles. The van der Waals surface area contributed by atoms with E-state index in [-0.39, 0.29) is 0 Å². The maximum Gasteiger partial charge on any atom is 0.00558 e. The second-order valence-electron chi connectivity index (χ2n) is 6.51. The van der Waals surface area contributed by atoms with Crippen molar-refractivity contribution in [2.45, 2.75) is 37.5 Å². The van der Waals surface area contributed by atoms with Gasteiger partial charge in [-0.2, -0.15) is 0 Å². The van der Waals surface area contributed by atoms with Crippen LogP contribution in [0.1, 0.15) is 36.8 Å². The Morgan fingerprint density at radius 2 is 2.17 bits per heavy atom. The van der Waals surface area contributed by atoms with Crippen molar-refractivity contribution < 1.29 is 0 Å². The monoisotopic (exact) mass is 239 g/mol. The topological polar surface area (TPSA) is 26.0 Å². The number of hydrogen-bond acceptors (Lipinski definition) is 1. The number of benzene rings is 1. The molecule has 4 rings (SSSR count). The smallest absolute Gasteiger partial charge is 0.00558 e. The molecule has 4 atom stereocenters. The highest BCUT2D eigenvalue weighted by molar-refractivity contribution is 5.44. The molecule has 0 radical (unpaired) electrons. The third-order valence-corrected chi connectivity index (χ3v) is 5.99. The Morgan fingerprint density at radius 3 is 2.94 bits per heavy atom. The van der Waals surface area contributed by atoms with E-state index in [0.717, 1.165) is 24.0 Å². The molecule has 18 heavy (non-hydrogen) atoms. The molecule has 3 aliphatic carbocycles. The van der Waals surface area contributed by atoms with E-state index in [1.165, 1.54) is 31.2 Å². The van der Waals surface area contributed by atoms with Crippen LogP contribution in [0.15, 0.2) is 36.5 Å². The van der Waals surface area contributed by atoms with Crippen LogP contribution in [0.25, 0.3) is 0 Å². The fourth-order valence-corrected chi connectivity index (χ4v) is 5.27. The molecule has 0 aliphatic heterocycles. The standard InChI is InChI=1S/C17H21N/c1-11(18)14-9-12-5-2-3-7-15(12)17-8-4-6-13(17)10-16(14)17/h2-3,5,7,13-14,16H,1,4,6,8-10,18H2/t13?,14?,16-,17-/m1/s1. The zero-order valence-corrected chi connectivity index (χ0v) is 10.9. The summed E-state index contributed by atoms with van der Waals surface area (Å²) in [7, 11) is 0. The number of fused-ring (bicyclic) bond motifs is 1. The van der Waals surface area contributed by atoms with Crippen molar-refractivity contribution in [2.75, 3.05) is 0 Å². The molecular weight excluding hydrogens is 218 g/mol. The second-order valence-corrected chi connectivity index (χ2v) is 6.51. The van der Waals surface area contributed by atoms with E-state index in [1.54, 1.807) is 5.56 Å². The first-order valence-corrected chi connectivity index (χ1v) is 7.26. The van der Waals surface area contributed by atoms with Crippen molar-refractivity contribution in [2.24, 2.45) is 23.5 Å². The first-order valence-electron chi connectivity index (χ1n) is 7.26. The molecule has 1 aromatic rings. The van der Waals surface area contributed by atoms with Gasteiger partial charge in [0.15, 0.2) is 0 Å². The quantitative estimate of drug-likeness (QED) is 0.798. The molecule has 0 heterocycles. The van der Waals surface area contributed by atoms with Gasteiger partial charge in [-0.05, 0) is 48.6 Å². The van der Waals surface area contributed by atoms with Gasteiger partial charge in [-0.25, -0.2) is 0 Å². The Balaban J connectivity index is 1.89. The van der Waals surface area contributed by atoms with Crippen molar-refractivity contribution in [1.82, 2.24) is 0 Å². The van der Waals surface area contributed by atoms with Gasteiger partial charge in [0, 0.05) is 17.0 Å². The minimum Gasteiger partial charge on any atom is -0.402 e. The van der Waals surface area contributed by atoms with Crippen LogP contribution >= 0.6 is 0 Å². The molecule has 0 saturated heterocycles. The maximum absolute atomic E-state index is 6.10. The van der Waals surface area contributed by atoms with Gasteiger partial charge in [0.05, 0.1) is 0 Å². The van der Waals surface area contributed by atoms with Crippen molar-refractivity contribution in [3.8, 4) is 0 Å². The Labute approximate surface area is 109 Å². The van der Waals surface area contributed by atoms with E-state index < -0.39 is 0 Å². The minimum absolute atomic E-state index is 0.474. The summed E-state index contributed by atoms with van der Waals surface area (Å²) in [5, 5.41) is 0. The largest absolute Gasteiger partial charge is 0.402 e. The highest BCUT2D eigenvalue weighted by atomic mass is 14.7. The Bertz CT molecular complexity index is 518. The van der Waals surface area contributed by atoms with E-state index in [0.29, 0.717) is 11.3 Å². The fraction of sp³-hybridized carbons (Fsp3) is 0.529. The lowest BCUT2D eigenvalue weighted by molar-refractivity contribution is 0.00644. The van der Waals surface area contributed by atoms with E-state index in [2.05, 4.69) is 30.8 Å². The molecule has 1 spiro atoms. The van der Waals surface area contributed by atoms with Crippen molar-refractivity contribution >= 4 is 0 Å². The summed E-state index contributed by atoms with van der Waals surface area (Å²) in [5.41, 5.74) is 10.7. The highest BCUT2D eigenvalue weighted by Gasteiger charge is 2.62. The lowest BCUT2D eigenvalue weighted by Gasteiger charge is -2.60. The van der Waals surface area contributed by atoms with Crippen molar-refractivity contribution in [1.29, 1.82) is 0 Å². The third kappa shape index (κ3) is 1.08. The summed E-state index contributed by atoms with van der Waals surface area (Å²) in [6.45, 7) is 4.06. The van der Waals surface area contributed by atoms with E-state index in [9.17, 15) is 0 Å². The average Bonchev–Trinajstić information content (AvgIpc) is 2.65. The van der Waals surface area contributed by atoms with Crippen molar-refractivity contribution in [3.05, 3.63) is 47.7 Å². The molecule has 94 valence electrons. The normalized spacial score (nSPS) is 40.3. The van der Waals surface area contributed by atoms with Gasteiger partial charge in [-0.1, -0.05) is 37.3 Å². The van der Waals surface area contributed by atoms with Gasteiger partial charge in [-0.3, -0.25) is 0 Å². The first kappa shape index (κ1) is 10.7. The third-order valence-electron chi connectivity index (χ3n) is 5.99. The van der Waals surface area contributed by atoms with Crippen LogP contribution in [-0.2, 0) is 11.8 Å². The molecule has 1 aromatic carbocycles. The molecule has 1 nitrogen and oxygen atoms in total. The molecule has 0 bridgehead atoms. The maximum atomic E-state index is 6.10. The van der Waals surface area contributed by atoms with E-state index in [1.807, 2.05) is 0 Å². The predicted molar refractivity (Wildman–Crippen MR) is 74.1 cm³/mol. The number of hydrogen-bond donors (Lipinski definition) is 1. The number of nitrogens with two attached hydrogens (primary N) is 1. The predicted octanol–water partition coefficient (Wildman–Crippen LogP) is 3.39. The Morgan fingerprint density at radius 1 is 1.33 bits per heavy atom. The zero-order valence-electron chi connectivity index (χ0n) is 10.9. The molecule has 2 unspecified atom stereocenters. The Hall–Kier alpha value is -1.24. The molecule has 3 aliphatic rings. The van der Waals surface area contributed by atoms with Crippen LogP contribution in [0, 0.1) is 17.8 Å². The van der Waals surface area contributed by atoms with E-state index in [4.69, 9.17) is 5.73 Å². The van der Waals surface area contributed by atoms with Crippen LogP contribution in [-0.4, -0.2) is 0 Å². The lowest BCUT2D eigenvalue weighted by Crippen LogP contribution is -2.56. The summed E-state index contributed by atoms with van der Waals surface area (Å²) in [6.07, 6.45) is 6.71. The van der Waals surface area contributed by atoms with Crippen LogP contribution in [0.5, 0.6) is 0 Å². The number of rotatable bonds is 1. The summed E-state index contributed by atoms with van der Waals surface area (Å²) in [4.78, 5) is 0. The lowest BCUT2D eigenvalue weighted by atomic mass is 9.44. The molecule has 1 heteroatoms. The SMILES string of the molecule is C=C(N)C1Cc2ccccc2[C@@]23CCCC2C[C@H]13. The average molecular weight is 239 g/mol. The summed E-state index contributed by atoms with van der Waals surface area (Å²) >= 11 is 0. The first-order chi connectivity index (χ1) is 8.73. The van der Waals surface area contributed by atoms with E-state index >= 15 is 0 Å². The van der Waals surface area contributed by atoms with Gasteiger partial charge in [0.25, 0.3) is 0 Å². The van der Waals surface area contributed by atoms with Gasteiger partial charge in [0.1, 0.15) is 0 Å². The fourth-order valence-electron chi connectivity index (χ4n) is 5.27. The molecule has 2 saturated carbocycles. The zero-order chi connectivity index (χ0) is 12.3. The van der Waals surface area contributed by atoms with Gasteiger partial charge in [-0.15, -0.1) is 0 Å². The molecule has 2 fully saturated rings. The molecule has 0 amide bonds. The highest BCUT2D eigenvalue weighted by Crippen LogP contribution is 2.67. The van der Waals surface area contributed by atoms with Crippen LogP contribution < -0.4 is 5.73 Å². The van der Waals surface area contributed by atoms with Crippen LogP contribution in [0.4, 0.5) is 0 Å². The van der Waals surface area contributed by atoms with Crippen molar-refractivity contribution in [3.63, 3.8) is 0 Å². The van der Waals surface area contributed by atoms with Gasteiger partial charge in [0.2, 0.25) is 0 Å². The summed E-state index contributed by atoms with van der Waals surface area (Å²) < 4.78 is 0. The van der Waals surface area contributed by atoms with Crippen LogP contribution in [0.2, 0.25) is 0 Å². The molecular formula is C17H21N. The summed E-state index contributed by atoms with van der Waals surface area (Å²) in [5.74, 6) is 2.22.